The molecule has 3 heteroatoms. The van der Waals surface area contributed by atoms with E-state index in [0.717, 1.165) is 31.1 Å². The maximum atomic E-state index is 4.26. The molecule has 0 atom stereocenters. The van der Waals surface area contributed by atoms with Crippen LogP contribution in [0.25, 0.3) is 0 Å². The lowest BCUT2D eigenvalue weighted by atomic mass is 10.1. The number of hydrogen-bond acceptors (Lipinski definition) is 2. The molecule has 0 saturated heterocycles. The molecule has 0 saturated carbocycles. The van der Waals surface area contributed by atoms with Crippen LogP contribution in [0.2, 0.25) is 0 Å². The first-order valence-electron chi connectivity index (χ1n) is 5.48. The third-order valence-electron chi connectivity index (χ3n) is 2.14. The van der Waals surface area contributed by atoms with Crippen molar-refractivity contribution in [1.82, 2.24) is 9.78 Å². The Bertz CT molecular complexity index is 253. The third-order valence-corrected chi connectivity index (χ3v) is 2.14. The summed E-state index contributed by atoms with van der Waals surface area (Å²) in [7, 11) is 0. The van der Waals surface area contributed by atoms with Gasteiger partial charge in [-0.2, -0.15) is 5.10 Å². The van der Waals surface area contributed by atoms with Gasteiger partial charge in [0.05, 0.1) is 11.9 Å². The van der Waals surface area contributed by atoms with Gasteiger partial charge in [-0.3, -0.25) is 4.68 Å². The molecule has 0 aromatic carbocycles. The third kappa shape index (κ3) is 3.81. The highest BCUT2D eigenvalue weighted by Gasteiger charge is 1.97. The molecular weight excluding hydrogens is 174 g/mol. The second kappa shape index (κ2) is 5.68. The van der Waals surface area contributed by atoms with Gasteiger partial charge in [0.25, 0.3) is 0 Å². The standard InChI is InChI=1S/C11H21N3/c1-4-7-14-9-11(8-13-14)12-6-5-10(2)3/h8-10,12H,4-7H2,1-3H3. The van der Waals surface area contributed by atoms with E-state index in [0.29, 0.717) is 0 Å². The summed E-state index contributed by atoms with van der Waals surface area (Å²) >= 11 is 0. The Morgan fingerprint density at radius 3 is 2.93 bits per heavy atom. The van der Waals surface area contributed by atoms with Crippen molar-refractivity contribution < 1.29 is 0 Å². The van der Waals surface area contributed by atoms with Crippen molar-refractivity contribution in [3.05, 3.63) is 12.4 Å². The number of aromatic nitrogens is 2. The summed E-state index contributed by atoms with van der Waals surface area (Å²) in [4.78, 5) is 0. The van der Waals surface area contributed by atoms with Crippen molar-refractivity contribution in [2.24, 2.45) is 5.92 Å². The molecule has 3 nitrogen and oxygen atoms in total. The molecule has 0 aliphatic rings. The highest BCUT2D eigenvalue weighted by Crippen LogP contribution is 2.06. The topological polar surface area (TPSA) is 29.9 Å². The van der Waals surface area contributed by atoms with Gasteiger partial charge in [-0.15, -0.1) is 0 Å². The predicted octanol–water partition coefficient (Wildman–Crippen LogP) is 2.75. The lowest BCUT2D eigenvalue weighted by Crippen LogP contribution is -2.04. The van der Waals surface area contributed by atoms with E-state index < -0.39 is 0 Å². The molecule has 0 aliphatic carbocycles. The van der Waals surface area contributed by atoms with Crippen LogP contribution >= 0.6 is 0 Å². The molecule has 1 aromatic heterocycles. The molecule has 0 radical (unpaired) electrons. The monoisotopic (exact) mass is 195 g/mol. The highest BCUT2D eigenvalue weighted by molar-refractivity contribution is 5.37. The molecule has 1 heterocycles. The van der Waals surface area contributed by atoms with Crippen molar-refractivity contribution in [2.45, 2.75) is 40.2 Å². The number of rotatable bonds is 6. The van der Waals surface area contributed by atoms with Crippen LogP contribution in [0.5, 0.6) is 0 Å². The molecule has 0 spiro atoms. The summed E-state index contributed by atoms with van der Waals surface area (Å²) in [5.74, 6) is 0.758. The average Bonchev–Trinajstić information content (AvgIpc) is 2.53. The van der Waals surface area contributed by atoms with Crippen LogP contribution in [0.3, 0.4) is 0 Å². The van der Waals surface area contributed by atoms with E-state index in [4.69, 9.17) is 0 Å². The number of hydrogen-bond donors (Lipinski definition) is 1. The van der Waals surface area contributed by atoms with Crippen LogP contribution in [-0.4, -0.2) is 16.3 Å². The zero-order valence-corrected chi connectivity index (χ0v) is 9.45. The molecule has 0 amide bonds. The minimum absolute atomic E-state index is 0.758. The minimum Gasteiger partial charge on any atom is -0.383 e. The quantitative estimate of drug-likeness (QED) is 0.756. The zero-order valence-electron chi connectivity index (χ0n) is 9.45. The van der Waals surface area contributed by atoms with E-state index >= 15 is 0 Å². The Kier molecular flexibility index (Phi) is 4.50. The summed E-state index contributed by atoms with van der Waals surface area (Å²) in [6.45, 7) is 8.68. The van der Waals surface area contributed by atoms with Gasteiger partial charge >= 0.3 is 0 Å². The van der Waals surface area contributed by atoms with E-state index in [2.05, 4.69) is 37.4 Å². The molecule has 14 heavy (non-hydrogen) atoms. The molecule has 0 aliphatic heterocycles. The summed E-state index contributed by atoms with van der Waals surface area (Å²) in [5, 5.41) is 7.63. The molecule has 1 rings (SSSR count). The SMILES string of the molecule is CCCn1cc(NCCC(C)C)cn1. The maximum absolute atomic E-state index is 4.26. The summed E-state index contributed by atoms with van der Waals surface area (Å²) < 4.78 is 1.98. The van der Waals surface area contributed by atoms with Crippen LogP contribution in [0.15, 0.2) is 12.4 Å². The largest absolute Gasteiger partial charge is 0.383 e. The first-order valence-corrected chi connectivity index (χ1v) is 5.48. The van der Waals surface area contributed by atoms with E-state index in [1.165, 1.54) is 6.42 Å². The lowest BCUT2D eigenvalue weighted by molar-refractivity contribution is 0.601. The number of aryl methyl sites for hydroxylation is 1. The lowest BCUT2D eigenvalue weighted by Gasteiger charge is -2.05. The van der Waals surface area contributed by atoms with E-state index in [9.17, 15) is 0 Å². The van der Waals surface area contributed by atoms with Crippen molar-refractivity contribution in [2.75, 3.05) is 11.9 Å². The predicted molar refractivity (Wildman–Crippen MR) is 60.5 cm³/mol. The number of nitrogens with zero attached hydrogens (tertiary/aromatic N) is 2. The maximum Gasteiger partial charge on any atom is 0.0726 e. The van der Waals surface area contributed by atoms with Crippen molar-refractivity contribution in [3.8, 4) is 0 Å². The van der Waals surface area contributed by atoms with E-state index in [-0.39, 0.29) is 0 Å². The fraction of sp³-hybridized carbons (Fsp3) is 0.727. The van der Waals surface area contributed by atoms with Gasteiger partial charge in [0.1, 0.15) is 0 Å². The average molecular weight is 195 g/mol. The molecule has 0 fully saturated rings. The molecule has 0 bridgehead atoms. The van der Waals surface area contributed by atoms with Crippen LogP contribution in [0.4, 0.5) is 5.69 Å². The fourth-order valence-corrected chi connectivity index (χ4v) is 1.31. The van der Waals surface area contributed by atoms with E-state index in [1.54, 1.807) is 0 Å². The minimum atomic E-state index is 0.758. The number of anilines is 1. The smallest absolute Gasteiger partial charge is 0.0726 e. The van der Waals surface area contributed by atoms with Gasteiger partial charge in [0.2, 0.25) is 0 Å². The Morgan fingerprint density at radius 1 is 1.50 bits per heavy atom. The zero-order chi connectivity index (χ0) is 10.4. The van der Waals surface area contributed by atoms with E-state index in [1.807, 2.05) is 10.9 Å². The van der Waals surface area contributed by atoms with Crippen molar-refractivity contribution in [3.63, 3.8) is 0 Å². The van der Waals surface area contributed by atoms with Crippen LogP contribution in [0, 0.1) is 5.92 Å². The normalized spacial score (nSPS) is 10.9. The van der Waals surface area contributed by atoms with Gasteiger partial charge in [0.15, 0.2) is 0 Å². The highest BCUT2D eigenvalue weighted by atomic mass is 15.3. The number of nitrogens with one attached hydrogen (secondary N) is 1. The van der Waals surface area contributed by atoms with Crippen LogP contribution < -0.4 is 5.32 Å². The molecule has 1 aromatic rings. The first kappa shape index (κ1) is 11.1. The molecule has 80 valence electrons. The summed E-state index contributed by atoms with van der Waals surface area (Å²) in [5.41, 5.74) is 1.14. The van der Waals surface area contributed by atoms with Gasteiger partial charge in [0, 0.05) is 19.3 Å². The Balaban J connectivity index is 2.28. The molecule has 0 unspecified atom stereocenters. The van der Waals surface area contributed by atoms with Gasteiger partial charge in [-0.25, -0.2) is 0 Å². The van der Waals surface area contributed by atoms with Crippen LogP contribution in [0.1, 0.15) is 33.6 Å². The van der Waals surface area contributed by atoms with Crippen molar-refractivity contribution >= 4 is 5.69 Å². The second-order valence-corrected chi connectivity index (χ2v) is 4.10. The Morgan fingerprint density at radius 2 is 2.29 bits per heavy atom. The van der Waals surface area contributed by atoms with Crippen molar-refractivity contribution in [1.29, 1.82) is 0 Å². The summed E-state index contributed by atoms with van der Waals surface area (Å²) in [6, 6.07) is 0. The van der Waals surface area contributed by atoms with Gasteiger partial charge < -0.3 is 5.32 Å². The Hall–Kier alpha value is -0.990. The molecule has 1 N–H and O–H groups in total. The van der Waals surface area contributed by atoms with Crippen LogP contribution in [-0.2, 0) is 6.54 Å². The fourth-order valence-electron chi connectivity index (χ4n) is 1.31. The summed E-state index contributed by atoms with van der Waals surface area (Å²) in [6.07, 6.45) is 6.31. The van der Waals surface area contributed by atoms with Gasteiger partial charge in [-0.05, 0) is 18.8 Å². The Labute approximate surface area is 86.5 Å². The second-order valence-electron chi connectivity index (χ2n) is 4.10. The first-order chi connectivity index (χ1) is 6.72. The molecular formula is C11H21N3. The van der Waals surface area contributed by atoms with Gasteiger partial charge in [-0.1, -0.05) is 20.8 Å².